The van der Waals surface area contributed by atoms with Crippen LogP contribution in [0.15, 0.2) is 25.3 Å². The van der Waals surface area contributed by atoms with Crippen LogP contribution in [-0.2, 0) is 9.47 Å². The van der Waals surface area contributed by atoms with E-state index in [4.69, 9.17) is 20.9 Å². The van der Waals surface area contributed by atoms with Crippen LogP contribution in [-0.4, -0.2) is 111 Å². The van der Waals surface area contributed by atoms with Crippen molar-refractivity contribution in [1.82, 2.24) is 60.3 Å². The fraction of sp³-hybridized carbons (Fsp3) is 0.455. The van der Waals surface area contributed by atoms with E-state index < -0.39 is 61.0 Å². The zero-order valence-electron chi connectivity index (χ0n) is 21.6. The summed E-state index contributed by atoms with van der Waals surface area (Å²) in [5.41, 5.74) is 13.1. The highest BCUT2D eigenvalue weighted by atomic mass is 16.5. The molecule has 3 saturated heterocycles. The molecule has 42 heavy (non-hydrogen) atoms. The Hall–Kier alpha value is -4.92. The van der Waals surface area contributed by atoms with Gasteiger partial charge in [0.05, 0.1) is 24.7 Å². The van der Waals surface area contributed by atoms with Crippen LogP contribution in [0.3, 0.4) is 0 Å². The van der Waals surface area contributed by atoms with Gasteiger partial charge in [-0.15, -0.1) is 0 Å². The molecule has 20 heteroatoms. The van der Waals surface area contributed by atoms with Crippen molar-refractivity contribution < 1.29 is 29.3 Å². The molecule has 0 bridgehead atoms. The number of nitrogens with two attached hydrogens (primary N) is 2. The predicted molar refractivity (Wildman–Crippen MR) is 140 cm³/mol. The van der Waals surface area contributed by atoms with E-state index in [-0.39, 0.29) is 24.7 Å². The molecule has 0 spiro atoms. The van der Waals surface area contributed by atoms with Gasteiger partial charge < -0.3 is 52.4 Å². The van der Waals surface area contributed by atoms with Gasteiger partial charge in [0, 0.05) is 13.1 Å². The van der Waals surface area contributed by atoms with Crippen LogP contribution in [0, 0.1) is 0 Å². The molecule has 3 fully saturated rings. The number of rotatable bonds is 2. The van der Waals surface area contributed by atoms with Gasteiger partial charge in [0.15, 0.2) is 35.4 Å². The Balaban J connectivity index is 1.12. The normalized spacial score (nSPS) is 31.8. The number of carbonyl (C=O) groups is 2. The number of imidazole rings is 2. The average Bonchev–Trinajstić information content (AvgIpc) is 3.73. The second-order valence-corrected chi connectivity index (χ2v) is 10.0. The number of carbonyl (C=O) groups excluding carboxylic acids is 2. The molecule has 0 unspecified atom stereocenters. The first-order chi connectivity index (χ1) is 20.3. The van der Waals surface area contributed by atoms with Crippen LogP contribution in [0.1, 0.15) is 12.5 Å². The van der Waals surface area contributed by atoms with Crippen molar-refractivity contribution in [3.63, 3.8) is 0 Å². The number of aliphatic hydroxyl groups is 2. The van der Waals surface area contributed by atoms with Crippen molar-refractivity contribution in [3.8, 4) is 0 Å². The fourth-order valence-electron chi connectivity index (χ4n) is 5.55. The Bertz CT molecular complexity index is 1560. The highest BCUT2D eigenvalue weighted by molar-refractivity contribution is 5.82. The Labute approximate surface area is 234 Å². The first-order valence-corrected chi connectivity index (χ1v) is 12.9. The van der Waals surface area contributed by atoms with E-state index in [1.807, 2.05) is 0 Å². The van der Waals surface area contributed by atoms with E-state index in [2.05, 4.69) is 51.2 Å². The molecule has 220 valence electrons. The maximum Gasteiger partial charge on any atom is 0.315 e. The Morgan fingerprint density at radius 2 is 1.14 bits per heavy atom. The van der Waals surface area contributed by atoms with Gasteiger partial charge in [-0.25, -0.2) is 39.5 Å². The third-order valence-corrected chi connectivity index (χ3v) is 7.60. The molecule has 0 saturated carbocycles. The lowest BCUT2D eigenvalue weighted by molar-refractivity contribution is -0.0335. The molecule has 7 rings (SSSR count). The third-order valence-electron chi connectivity index (χ3n) is 7.60. The van der Waals surface area contributed by atoms with Crippen molar-refractivity contribution >= 4 is 46.0 Å². The van der Waals surface area contributed by atoms with E-state index in [0.29, 0.717) is 22.3 Å². The molecule has 0 aliphatic carbocycles. The molecule has 3 aliphatic heterocycles. The maximum atomic E-state index is 13.0. The Kier molecular flexibility index (Phi) is 6.11. The van der Waals surface area contributed by atoms with Gasteiger partial charge in [0.1, 0.15) is 48.1 Å². The summed E-state index contributed by atoms with van der Waals surface area (Å²) in [6.45, 7) is -0.206. The largest absolute Gasteiger partial charge is 0.386 e. The molecule has 0 radical (unpaired) electrons. The molecule has 20 nitrogen and oxygen atoms in total. The van der Waals surface area contributed by atoms with Crippen molar-refractivity contribution in [2.75, 3.05) is 24.6 Å². The minimum Gasteiger partial charge on any atom is -0.386 e. The summed E-state index contributed by atoms with van der Waals surface area (Å²) in [7, 11) is 0. The van der Waals surface area contributed by atoms with Gasteiger partial charge in [-0.3, -0.25) is 9.13 Å². The number of nitrogen functional groups attached to an aromatic ring is 2. The number of anilines is 2. The Morgan fingerprint density at radius 3 is 1.57 bits per heavy atom. The summed E-state index contributed by atoms with van der Waals surface area (Å²) in [5, 5.41) is 33.2. The highest BCUT2D eigenvalue weighted by Gasteiger charge is 2.49. The molecule has 7 heterocycles. The molecule has 0 aromatic carbocycles. The molecule has 4 aromatic rings. The smallest absolute Gasteiger partial charge is 0.315 e. The predicted octanol–water partition coefficient (Wildman–Crippen LogP) is -3.30. The Morgan fingerprint density at radius 1 is 0.714 bits per heavy atom. The van der Waals surface area contributed by atoms with Crippen LogP contribution in [0.2, 0.25) is 0 Å². The van der Waals surface area contributed by atoms with Crippen LogP contribution in [0.4, 0.5) is 21.2 Å². The number of aromatic nitrogens is 8. The van der Waals surface area contributed by atoms with Gasteiger partial charge in [-0.2, -0.15) is 0 Å². The summed E-state index contributed by atoms with van der Waals surface area (Å²) in [6.07, 6.45) is -0.923. The zero-order chi connectivity index (χ0) is 29.1. The van der Waals surface area contributed by atoms with Gasteiger partial charge in [0.2, 0.25) is 0 Å². The van der Waals surface area contributed by atoms with Gasteiger partial charge in [0.25, 0.3) is 0 Å². The minimum absolute atomic E-state index is 0.103. The topological polar surface area (TPSA) is 280 Å². The van der Waals surface area contributed by atoms with Gasteiger partial charge in [-0.05, 0) is 0 Å². The second-order valence-electron chi connectivity index (χ2n) is 10.0. The van der Waals surface area contributed by atoms with E-state index in [1.165, 1.54) is 34.4 Å². The number of amides is 4. The monoisotopic (exact) mass is 582 g/mol. The third kappa shape index (κ3) is 4.15. The lowest BCUT2D eigenvalue weighted by Gasteiger charge is -2.26. The summed E-state index contributed by atoms with van der Waals surface area (Å²) in [4.78, 5) is 50.6. The number of ether oxygens (including phenoxy) is 2. The number of nitrogens with zero attached hydrogens (tertiary/aromatic N) is 8. The molecule has 8 atom stereocenters. The molecule has 10 N–H and O–H groups in total. The van der Waals surface area contributed by atoms with Crippen LogP contribution in [0.25, 0.3) is 22.3 Å². The van der Waals surface area contributed by atoms with Crippen LogP contribution >= 0.6 is 0 Å². The lowest BCUT2D eigenvalue weighted by Crippen LogP contribution is -2.59. The summed E-state index contributed by atoms with van der Waals surface area (Å²) in [6, 6.07) is -3.13. The van der Waals surface area contributed by atoms with Crippen LogP contribution < -0.4 is 32.7 Å². The number of nitrogens with one attached hydrogen (secondary N) is 4. The molecular weight excluding hydrogens is 556 g/mol. The first-order valence-electron chi connectivity index (χ1n) is 12.9. The molecule has 4 aromatic heterocycles. The van der Waals surface area contributed by atoms with Crippen molar-refractivity contribution in [3.05, 3.63) is 25.3 Å². The fourth-order valence-corrected chi connectivity index (χ4v) is 5.55. The van der Waals surface area contributed by atoms with Gasteiger partial charge in [-0.1, -0.05) is 0 Å². The van der Waals surface area contributed by atoms with Crippen LogP contribution in [0.5, 0.6) is 0 Å². The number of hydrogen-bond donors (Lipinski definition) is 8. The van der Waals surface area contributed by atoms with Gasteiger partial charge >= 0.3 is 12.1 Å². The summed E-state index contributed by atoms with van der Waals surface area (Å²) < 4.78 is 15.1. The summed E-state index contributed by atoms with van der Waals surface area (Å²) in [5.74, 6) is 0.314. The van der Waals surface area contributed by atoms with E-state index in [1.54, 1.807) is 0 Å². The number of aliphatic hydroxyl groups excluding tert-OH is 2. The van der Waals surface area contributed by atoms with Crippen molar-refractivity contribution in [1.29, 1.82) is 0 Å². The highest BCUT2D eigenvalue weighted by Crippen LogP contribution is 2.34. The SMILES string of the molecule is Nc1ncnc2c1ncn2[C@H]1O[C@H]2CNC(=O)N[C@@H]3[C@H](O)[C@@H](n4cnc5c(N)ncnc54)O[C@H]3CNC(=O)N[C@@H]2[C@@H]1O. The average molecular weight is 583 g/mol. The van der Waals surface area contributed by atoms with Crippen molar-refractivity contribution in [2.24, 2.45) is 0 Å². The van der Waals surface area contributed by atoms with E-state index in [9.17, 15) is 19.8 Å². The minimum atomic E-state index is -1.26. The quantitative estimate of drug-likeness (QED) is 0.115. The van der Waals surface area contributed by atoms with E-state index >= 15 is 0 Å². The van der Waals surface area contributed by atoms with Crippen molar-refractivity contribution in [2.45, 2.75) is 49.0 Å². The standard InChI is InChI=1S/C22H26N14O6/c23-15-11-17(29-3-27-15)35(5-31-11)19-13(37)9-7(41-19)1-25-21(39)34-10-8(2-26-22(40)33-9)42-20(14(10)38)36-6-32-12-16(24)28-4-30-18(12)36/h3-10,13-14,19-20,37-38H,1-2H2,(H2,23,27,29)(H2,24,28,30)(H2,25,34,39)(H2,26,33,40)/t7-,8-,9-,10-,13-,14-,19-,20-/m0/s1. The zero-order valence-corrected chi connectivity index (χ0v) is 21.6. The molecule has 4 amide bonds. The number of urea groups is 2. The second kappa shape index (κ2) is 9.87. The molecular formula is C22H26N14O6. The maximum absolute atomic E-state index is 13.0. The number of hydrogen-bond acceptors (Lipinski definition) is 14. The summed E-state index contributed by atoms with van der Waals surface area (Å²) >= 11 is 0. The number of fused-ring (bicyclic) bond motifs is 4. The molecule has 3 aliphatic rings. The van der Waals surface area contributed by atoms with E-state index in [0.717, 1.165) is 0 Å². The lowest BCUT2D eigenvalue weighted by atomic mass is 10.1. The first kappa shape index (κ1) is 26.0.